The van der Waals surface area contributed by atoms with E-state index in [1.807, 2.05) is 24.5 Å². The number of aromatic nitrogens is 5. The summed E-state index contributed by atoms with van der Waals surface area (Å²) in [6.07, 6.45) is 2.59. The summed E-state index contributed by atoms with van der Waals surface area (Å²) in [5.41, 5.74) is -0.146. The van der Waals surface area contributed by atoms with Gasteiger partial charge in [-0.15, -0.1) is 0 Å². The van der Waals surface area contributed by atoms with E-state index in [-0.39, 0.29) is 19.2 Å². The second-order valence-corrected chi connectivity index (χ2v) is 8.08. The zero-order chi connectivity index (χ0) is 21.5. The molecule has 9 nitrogen and oxygen atoms in total. The first-order valence-electron chi connectivity index (χ1n) is 9.98. The Morgan fingerprint density at radius 3 is 2.80 bits per heavy atom. The van der Waals surface area contributed by atoms with Crippen LogP contribution < -0.4 is 10.2 Å². The van der Waals surface area contributed by atoms with Crippen molar-refractivity contribution in [3.8, 4) is 0 Å². The fourth-order valence-electron chi connectivity index (χ4n) is 3.81. The fraction of sp³-hybridized carbons (Fsp3) is 0.500. The van der Waals surface area contributed by atoms with Crippen LogP contribution in [0.5, 0.6) is 0 Å². The van der Waals surface area contributed by atoms with Crippen LogP contribution in [-0.2, 0) is 6.61 Å². The number of nitrogens with one attached hydrogen (secondary N) is 1. The molecule has 0 amide bonds. The Bertz CT molecular complexity index is 1050. The van der Waals surface area contributed by atoms with Crippen LogP contribution in [0.4, 0.5) is 22.0 Å². The lowest BCUT2D eigenvalue weighted by atomic mass is 9.94. The lowest BCUT2D eigenvalue weighted by Crippen LogP contribution is -2.52. The molecule has 3 aromatic rings. The summed E-state index contributed by atoms with van der Waals surface area (Å²) in [4.78, 5) is 19.3. The minimum absolute atomic E-state index is 0.0271. The molecule has 1 fully saturated rings. The van der Waals surface area contributed by atoms with E-state index in [1.54, 1.807) is 23.4 Å². The summed E-state index contributed by atoms with van der Waals surface area (Å²) >= 11 is 0. The molecule has 0 bridgehead atoms. The summed E-state index contributed by atoms with van der Waals surface area (Å²) in [6.45, 7) is 5.80. The predicted octanol–water partition coefficient (Wildman–Crippen LogP) is 2.34. The molecule has 1 saturated heterocycles. The maximum absolute atomic E-state index is 14.5. The topological polar surface area (TPSA) is 112 Å². The summed E-state index contributed by atoms with van der Waals surface area (Å²) in [6, 6.07) is 3.70. The first kappa shape index (κ1) is 20.4. The van der Waals surface area contributed by atoms with Crippen LogP contribution in [0.25, 0.3) is 11.0 Å². The summed E-state index contributed by atoms with van der Waals surface area (Å²) in [7, 11) is 0. The standard InChI is InChI=1S/C20H26FN7O2/c1-12(2)28-14-8-17(23-9-13(14)24-18(28)10-29)25-16-4-6-22-19(26-16)27-7-5-15(30)20(3,21)11-27/h4,6,8-9,12,15,29-30H,5,7,10-11H2,1-3H3,(H,22,23,25,26)/t15-,20+/m0/s1. The molecule has 0 radical (unpaired) electrons. The number of nitrogens with zero attached hydrogens (tertiary/aromatic N) is 6. The molecule has 0 saturated carbocycles. The third-order valence-corrected chi connectivity index (χ3v) is 5.36. The molecule has 1 aliphatic rings. The predicted molar refractivity (Wildman–Crippen MR) is 112 cm³/mol. The van der Waals surface area contributed by atoms with Crippen LogP contribution in [0.3, 0.4) is 0 Å². The third-order valence-electron chi connectivity index (χ3n) is 5.36. The molecule has 3 N–H and O–H groups in total. The summed E-state index contributed by atoms with van der Waals surface area (Å²) in [5, 5.41) is 22.6. The van der Waals surface area contributed by atoms with Gasteiger partial charge >= 0.3 is 0 Å². The fourth-order valence-corrected chi connectivity index (χ4v) is 3.81. The van der Waals surface area contributed by atoms with E-state index in [2.05, 4.69) is 25.3 Å². The zero-order valence-corrected chi connectivity index (χ0v) is 17.2. The van der Waals surface area contributed by atoms with Crippen LogP contribution in [0.2, 0.25) is 0 Å². The molecule has 0 unspecified atom stereocenters. The van der Waals surface area contributed by atoms with Gasteiger partial charge in [-0.3, -0.25) is 0 Å². The van der Waals surface area contributed by atoms with Crippen LogP contribution in [0.1, 0.15) is 39.1 Å². The third kappa shape index (κ3) is 3.80. The highest BCUT2D eigenvalue weighted by Gasteiger charge is 2.39. The molecule has 0 aliphatic carbocycles. The monoisotopic (exact) mass is 415 g/mol. The molecule has 160 valence electrons. The summed E-state index contributed by atoms with van der Waals surface area (Å²) < 4.78 is 16.5. The van der Waals surface area contributed by atoms with Gasteiger partial charge < -0.3 is 25.0 Å². The van der Waals surface area contributed by atoms with Crippen molar-refractivity contribution in [3.63, 3.8) is 0 Å². The van der Waals surface area contributed by atoms with Gasteiger partial charge in [0.1, 0.15) is 29.6 Å². The van der Waals surface area contributed by atoms with Gasteiger partial charge in [0, 0.05) is 24.8 Å². The van der Waals surface area contributed by atoms with Crippen molar-refractivity contribution >= 4 is 28.6 Å². The van der Waals surface area contributed by atoms with E-state index < -0.39 is 11.8 Å². The normalized spacial score (nSPS) is 22.1. The average molecular weight is 415 g/mol. The highest BCUT2D eigenvalue weighted by molar-refractivity contribution is 5.79. The van der Waals surface area contributed by atoms with E-state index in [0.717, 1.165) is 5.52 Å². The van der Waals surface area contributed by atoms with Gasteiger partial charge in [-0.1, -0.05) is 0 Å². The number of rotatable bonds is 5. The van der Waals surface area contributed by atoms with Crippen molar-refractivity contribution in [2.24, 2.45) is 0 Å². The van der Waals surface area contributed by atoms with Gasteiger partial charge in [-0.25, -0.2) is 19.3 Å². The van der Waals surface area contributed by atoms with Crippen molar-refractivity contribution in [1.82, 2.24) is 24.5 Å². The van der Waals surface area contributed by atoms with E-state index in [1.165, 1.54) is 6.92 Å². The van der Waals surface area contributed by atoms with Gasteiger partial charge in [0.25, 0.3) is 0 Å². The highest BCUT2D eigenvalue weighted by atomic mass is 19.1. The van der Waals surface area contributed by atoms with Crippen molar-refractivity contribution in [2.75, 3.05) is 23.3 Å². The highest BCUT2D eigenvalue weighted by Crippen LogP contribution is 2.28. The minimum Gasteiger partial charge on any atom is -0.390 e. The van der Waals surface area contributed by atoms with Crippen molar-refractivity contribution < 1.29 is 14.6 Å². The quantitative estimate of drug-likeness (QED) is 0.582. The van der Waals surface area contributed by atoms with Crippen molar-refractivity contribution in [2.45, 2.75) is 51.6 Å². The first-order valence-corrected chi connectivity index (χ1v) is 9.98. The summed E-state index contributed by atoms with van der Waals surface area (Å²) in [5.74, 6) is 2.08. The number of fused-ring (bicyclic) bond motifs is 1. The van der Waals surface area contributed by atoms with Gasteiger partial charge in [0.05, 0.1) is 24.4 Å². The number of aliphatic hydroxyl groups is 2. The number of imidazole rings is 1. The first-order chi connectivity index (χ1) is 14.3. The maximum atomic E-state index is 14.5. The molecule has 0 spiro atoms. The second kappa shape index (κ2) is 7.77. The number of hydrogen-bond acceptors (Lipinski definition) is 8. The van der Waals surface area contributed by atoms with Crippen LogP contribution in [-0.4, -0.2) is 59.6 Å². The molecule has 2 atom stereocenters. The Kier molecular flexibility index (Phi) is 5.29. The number of piperidine rings is 1. The Morgan fingerprint density at radius 2 is 2.10 bits per heavy atom. The average Bonchev–Trinajstić information content (AvgIpc) is 3.08. The van der Waals surface area contributed by atoms with Gasteiger partial charge in [0.2, 0.25) is 5.95 Å². The van der Waals surface area contributed by atoms with Crippen molar-refractivity contribution in [3.05, 3.63) is 30.4 Å². The van der Waals surface area contributed by atoms with Crippen LogP contribution >= 0.6 is 0 Å². The van der Waals surface area contributed by atoms with Crippen molar-refractivity contribution in [1.29, 1.82) is 0 Å². The molecule has 30 heavy (non-hydrogen) atoms. The number of halogens is 1. The number of hydrogen-bond donors (Lipinski definition) is 3. The Hall–Kier alpha value is -2.85. The van der Waals surface area contributed by atoms with Gasteiger partial charge in [-0.2, -0.15) is 4.98 Å². The van der Waals surface area contributed by atoms with Gasteiger partial charge in [0.15, 0.2) is 5.67 Å². The second-order valence-electron chi connectivity index (χ2n) is 8.08. The molecular weight excluding hydrogens is 389 g/mol. The molecule has 10 heteroatoms. The molecule has 0 aromatic carbocycles. The number of alkyl halides is 1. The molecule has 1 aliphatic heterocycles. The molecular formula is C20H26FN7O2. The number of aliphatic hydroxyl groups excluding tert-OH is 2. The lowest BCUT2D eigenvalue weighted by Gasteiger charge is -2.38. The van der Waals surface area contributed by atoms with E-state index >= 15 is 0 Å². The molecule has 4 rings (SSSR count). The van der Waals surface area contributed by atoms with E-state index in [9.17, 15) is 14.6 Å². The number of anilines is 3. The Labute approximate surface area is 173 Å². The Balaban J connectivity index is 1.60. The smallest absolute Gasteiger partial charge is 0.227 e. The zero-order valence-electron chi connectivity index (χ0n) is 17.2. The Morgan fingerprint density at radius 1 is 1.30 bits per heavy atom. The number of pyridine rings is 1. The molecule has 4 heterocycles. The van der Waals surface area contributed by atoms with E-state index in [4.69, 9.17) is 0 Å². The van der Waals surface area contributed by atoms with Crippen LogP contribution in [0.15, 0.2) is 24.5 Å². The van der Waals surface area contributed by atoms with E-state index in [0.29, 0.717) is 41.9 Å². The van der Waals surface area contributed by atoms with Gasteiger partial charge in [-0.05, 0) is 33.3 Å². The minimum atomic E-state index is -1.71. The SMILES string of the molecule is CC(C)n1c(CO)nc2cnc(Nc3ccnc(N4CC[C@H](O)[C@](C)(F)C4)n3)cc21. The lowest BCUT2D eigenvalue weighted by molar-refractivity contribution is -0.00860. The van der Waals surface area contributed by atoms with Crippen LogP contribution in [0, 0.1) is 0 Å². The maximum Gasteiger partial charge on any atom is 0.227 e. The molecule has 3 aromatic heterocycles. The largest absolute Gasteiger partial charge is 0.390 e.